The van der Waals surface area contributed by atoms with E-state index in [4.69, 9.17) is 4.79 Å². The fourth-order valence-electron chi connectivity index (χ4n) is 4.78. The first-order valence-corrected chi connectivity index (χ1v) is 11.9. The number of amides is 1. The van der Waals surface area contributed by atoms with Gasteiger partial charge in [0, 0.05) is 23.1 Å². The Labute approximate surface area is 184 Å². The molecule has 0 atom stereocenters. The van der Waals surface area contributed by atoms with E-state index >= 15 is 0 Å². The van der Waals surface area contributed by atoms with Crippen LogP contribution in [-0.4, -0.2) is 37.9 Å². The SMILES string of the molecule is CC1(CC(=O)c2ccc3c(c2)C2(CC2)C(=O)N3c2ccccc2)CS(=O)(=O)C1.O=C(F)F. The molecule has 0 unspecified atom stereocenters. The molecule has 6 nitrogen and oxygen atoms in total. The number of carbonyl (C=O) groups excluding carboxylic acids is 3. The molecule has 1 spiro atoms. The lowest BCUT2D eigenvalue weighted by Crippen LogP contribution is -2.47. The van der Waals surface area contributed by atoms with Crippen molar-refractivity contribution in [3.63, 3.8) is 0 Å². The van der Waals surface area contributed by atoms with Crippen molar-refractivity contribution in [2.45, 2.75) is 31.6 Å². The average Bonchev–Trinajstić information content (AvgIpc) is 3.44. The first-order valence-electron chi connectivity index (χ1n) is 10.1. The van der Waals surface area contributed by atoms with E-state index in [9.17, 15) is 26.8 Å². The number of halogens is 2. The Hall–Kier alpha value is -2.94. The molecule has 2 aromatic rings. The minimum Gasteiger partial charge on any atom is -0.294 e. The van der Waals surface area contributed by atoms with Gasteiger partial charge in [-0.1, -0.05) is 25.1 Å². The highest BCUT2D eigenvalue weighted by molar-refractivity contribution is 7.92. The summed E-state index contributed by atoms with van der Waals surface area (Å²) in [5.74, 6) is 0.166. The Balaban J connectivity index is 0.000000567. The van der Waals surface area contributed by atoms with Crippen molar-refractivity contribution in [1.82, 2.24) is 0 Å². The molecule has 2 fully saturated rings. The summed E-state index contributed by atoms with van der Waals surface area (Å²) < 4.78 is 42.4. The molecule has 3 aliphatic rings. The average molecular weight is 461 g/mol. The normalized spacial score (nSPS) is 20.6. The van der Waals surface area contributed by atoms with Gasteiger partial charge in [-0.25, -0.2) is 13.2 Å². The summed E-state index contributed by atoms with van der Waals surface area (Å²) >= 11 is 0. The highest BCUT2D eigenvalue weighted by Gasteiger charge is 2.59. The van der Waals surface area contributed by atoms with Crippen molar-refractivity contribution >= 4 is 39.2 Å². The minimum atomic E-state index is -2.98. The Morgan fingerprint density at radius 2 is 1.62 bits per heavy atom. The summed E-state index contributed by atoms with van der Waals surface area (Å²) in [6.07, 6.45) is -1.01. The van der Waals surface area contributed by atoms with Crippen molar-refractivity contribution in [2.24, 2.45) is 5.41 Å². The van der Waals surface area contributed by atoms with Gasteiger partial charge in [0.1, 0.15) is 0 Å². The summed E-state index contributed by atoms with van der Waals surface area (Å²) in [6.45, 7) is 1.85. The lowest BCUT2D eigenvalue weighted by Gasteiger charge is -2.37. The van der Waals surface area contributed by atoms with Crippen molar-refractivity contribution in [1.29, 1.82) is 0 Å². The molecule has 1 saturated heterocycles. The van der Waals surface area contributed by atoms with Crippen LogP contribution in [0.3, 0.4) is 0 Å². The number of Topliss-reactive ketones (excluding diaryl/α,β-unsaturated/α-hetero) is 1. The Morgan fingerprint density at radius 1 is 1.03 bits per heavy atom. The molecule has 1 amide bonds. The lowest BCUT2D eigenvalue weighted by molar-refractivity contribution is -0.119. The van der Waals surface area contributed by atoms with E-state index in [1.54, 1.807) is 11.0 Å². The largest absolute Gasteiger partial charge is 0.483 e. The summed E-state index contributed by atoms with van der Waals surface area (Å²) in [5.41, 5.74) is 2.21. The second-order valence-electron chi connectivity index (χ2n) is 8.96. The van der Waals surface area contributed by atoms with E-state index in [2.05, 4.69) is 0 Å². The number of anilines is 2. The molecule has 168 valence electrons. The van der Waals surface area contributed by atoms with Crippen molar-refractivity contribution in [2.75, 3.05) is 16.4 Å². The molecule has 2 heterocycles. The second kappa shape index (κ2) is 7.58. The smallest absolute Gasteiger partial charge is 0.294 e. The van der Waals surface area contributed by atoms with Crippen LogP contribution in [0.4, 0.5) is 25.0 Å². The molecule has 5 rings (SSSR count). The molecule has 9 heteroatoms. The fourth-order valence-corrected chi connectivity index (χ4v) is 7.02. The van der Waals surface area contributed by atoms with E-state index in [1.807, 2.05) is 49.4 Å². The summed E-state index contributed by atoms with van der Waals surface area (Å²) in [4.78, 5) is 35.9. The number of hydrogen-bond acceptors (Lipinski definition) is 5. The highest BCUT2D eigenvalue weighted by atomic mass is 32.2. The van der Waals surface area contributed by atoms with Crippen LogP contribution in [-0.2, 0) is 20.0 Å². The van der Waals surface area contributed by atoms with Crippen LogP contribution in [0.5, 0.6) is 0 Å². The fraction of sp³-hybridized carbons (Fsp3) is 0.348. The van der Waals surface area contributed by atoms with Gasteiger partial charge in [0.05, 0.1) is 22.6 Å². The molecule has 2 aliphatic heterocycles. The molecule has 0 N–H and O–H groups in total. The maximum atomic E-state index is 13.2. The highest BCUT2D eigenvalue weighted by Crippen LogP contribution is 2.59. The number of benzene rings is 2. The zero-order valence-electron chi connectivity index (χ0n) is 17.3. The van der Waals surface area contributed by atoms with Crippen molar-refractivity contribution < 1.29 is 31.6 Å². The Morgan fingerprint density at radius 3 is 2.16 bits per heavy atom. The van der Waals surface area contributed by atoms with Crippen molar-refractivity contribution in [3.8, 4) is 0 Å². The molecule has 0 radical (unpaired) electrons. The standard InChI is InChI=1S/C22H21NO4S.CF2O/c1-21(13-28(26,27)14-21)12-19(24)15-7-8-18-17(11-15)22(9-10-22)20(25)23(18)16-5-3-2-4-6-16;2-1(3)4/h2-8,11H,9-10,12-14H2,1H3;. The molecule has 1 aliphatic carbocycles. The molecule has 2 aromatic carbocycles. The number of para-hydroxylation sites is 1. The van der Waals surface area contributed by atoms with Crippen molar-refractivity contribution in [3.05, 3.63) is 59.7 Å². The zero-order chi connectivity index (χ0) is 23.3. The van der Waals surface area contributed by atoms with Gasteiger partial charge in [0.15, 0.2) is 15.6 Å². The summed E-state index contributed by atoms with van der Waals surface area (Å²) in [7, 11) is -2.98. The lowest BCUT2D eigenvalue weighted by atomic mass is 9.85. The van der Waals surface area contributed by atoms with E-state index in [0.29, 0.717) is 5.56 Å². The monoisotopic (exact) mass is 461 g/mol. The third-order valence-electron chi connectivity index (χ3n) is 6.18. The minimum absolute atomic E-state index is 0.0541. The Bertz CT molecular complexity index is 1210. The predicted molar refractivity (Wildman–Crippen MR) is 114 cm³/mol. The van der Waals surface area contributed by atoms with Gasteiger partial charge in [0.25, 0.3) is 0 Å². The van der Waals surface area contributed by atoms with Gasteiger partial charge in [-0.15, -0.1) is 8.78 Å². The molecular weight excluding hydrogens is 440 g/mol. The molecule has 0 bridgehead atoms. The summed E-state index contributed by atoms with van der Waals surface area (Å²) in [6, 6.07) is 15.1. The van der Waals surface area contributed by atoms with Crippen LogP contribution >= 0.6 is 0 Å². The quantitative estimate of drug-likeness (QED) is 0.496. The molecular formula is C23H21F2NO5S. The number of fused-ring (bicyclic) bond motifs is 2. The zero-order valence-corrected chi connectivity index (χ0v) is 18.1. The number of ketones is 1. The molecule has 32 heavy (non-hydrogen) atoms. The van der Waals surface area contributed by atoms with Gasteiger partial charge >= 0.3 is 6.29 Å². The van der Waals surface area contributed by atoms with E-state index in [0.717, 1.165) is 29.8 Å². The first-order chi connectivity index (χ1) is 15.0. The second-order valence-corrected chi connectivity index (χ2v) is 11.0. The van der Waals surface area contributed by atoms with Gasteiger partial charge in [-0.3, -0.25) is 14.5 Å². The number of sulfone groups is 1. The predicted octanol–water partition coefficient (Wildman–Crippen LogP) is 4.45. The van der Waals surface area contributed by atoms with E-state index < -0.39 is 27.0 Å². The topological polar surface area (TPSA) is 88.6 Å². The van der Waals surface area contributed by atoms with Gasteiger partial charge < -0.3 is 0 Å². The van der Waals surface area contributed by atoms with E-state index in [-0.39, 0.29) is 29.6 Å². The van der Waals surface area contributed by atoms with Gasteiger partial charge in [-0.2, -0.15) is 0 Å². The number of hydrogen-bond donors (Lipinski definition) is 0. The van der Waals surface area contributed by atoms with Crippen LogP contribution in [0.1, 0.15) is 42.1 Å². The Kier molecular flexibility index (Phi) is 5.27. The summed E-state index contributed by atoms with van der Waals surface area (Å²) in [5, 5.41) is 0. The number of nitrogens with zero attached hydrogens (tertiary/aromatic N) is 1. The third-order valence-corrected chi connectivity index (χ3v) is 8.45. The van der Waals surface area contributed by atoms with Crippen LogP contribution in [0, 0.1) is 5.41 Å². The number of carbonyl (C=O) groups is 3. The third kappa shape index (κ3) is 3.97. The van der Waals surface area contributed by atoms with Crippen LogP contribution in [0.25, 0.3) is 0 Å². The van der Waals surface area contributed by atoms with Crippen LogP contribution in [0.2, 0.25) is 0 Å². The van der Waals surface area contributed by atoms with Gasteiger partial charge in [0.2, 0.25) is 5.91 Å². The molecule has 1 saturated carbocycles. The van der Waals surface area contributed by atoms with Crippen LogP contribution in [0.15, 0.2) is 48.5 Å². The first kappa shape index (κ1) is 22.3. The maximum Gasteiger partial charge on any atom is 0.483 e. The van der Waals surface area contributed by atoms with Crippen LogP contribution < -0.4 is 4.90 Å². The number of rotatable bonds is 4. The van der Waals surface area contributed by atoms with E-state index in [1.165, 1.54) is 0 Å². The molecule has 0 aromatic heterocycles. The van der Waals surface area contributed by atoms with Gasteiger partial charge in [-0.05, 0) is 48.7 Å². The maximum absolute atomic E-state index is 13.2.